The number of rotatable bonds is 4. The first kappa shape index (κ1) is 14.5. The highest BCUT2D eigenvalue weighted by molar-refractivity contribution is 7.89. The molecule has 1 fully saturated rings. The maximum absolute atomic E-state index is 12.7. The summed E-state index contributed by atoms with van der Waals surface area (Å²) in [5, 5.41) is 3.05. The maximum atomic E-state index is 12.7. The van der Waals surface area contributed by atoms with Gasteiger partial charge in [-0.05, 0) is 43.5 Å². The molecule has 0 spiro atoms. The largest absolute Gasteiger partial charge is 0.316 e. The van der Waals surface area contributed by atoms with Gasteiger partial charge in [-0.2, -0.15) is 4.31 Å². The summed E-state index contributed by atoms with van der Waals surface area (Å²) in [6.07, 6.45) is 0.953. The van der Waals surface area contributed by atoms with E-state index >= 15 is 0 Å². The number of aryl methyl sites for hydroxylation is 1. The lowest BCUT2D eigenvalue weighted by molar-refractivity contribution is 0.464. The average molecular weight is 282 g/mol. The lowest BCUT2D eigenvalue weighted by atomic mass is 10.1. The highest BCUT2D eigenvalue weighted by Crippen LogP contribution is 2.26. The van der Waals surface area contributed by atoms with Crippen LogP contribution >= 0.6 is 0 Å². The molecule has 0 bridgehead atoms. The minimum absolute atomic E-state index is 0.453. The summed E-state index contributed by atoms with van der Waals surface area (Å²) in [6.45, 7) is 5.91. The average Bonchev–Trinajstić information content (AvgIpc) is 2.79. The predicted molar refractivity (Wildman–Crippen MR) is 76.5 cm³/mol. The van der Waals surface area contributed by atoms with Gasteiger partial charge in [0.25, 0.3) is 0 Å². The topological polar surface area (TPSA) is 49.4 Å². The van der Waals surface area contributed by atoms with Crippen LogP contribution in [0.5, 0.6) is 0 Å². The summed E-state index contributed by atoms with van der Waals surface area (Å²) in [4.78, 5) is 0.453. The summed E-state index contributed by atoms with van der Waals surface area (Å²) in [5.74, 6) is 0.454. The zero-order valence-corrected chi connectivity index (χ0v) is 12.6. The van der Waals surface area contributed by atoms with Crippen molar-refractivity contribution in [1.29, 1.82) is 0 Å². The van der Waals surface area contributed by atoms with Gasteiger partial charge in [0.1, 0.15) is 0 Å². The van der Waals surface area contributed by atoms with Gasteiger partial charge in [-0.1, -0.05) is 19.1 Å². The lowest BCUT2D eigenvalue weighted by Crippen LogP contribution is -2.29. The zero-order valence-electron chi connectivity index (χ0n) is 11.8. The Morgan fingerprint density at radius 1 is 1.42 bits per heavy atom. The number of nitrogens with zero attached hydrogens (tertiary/aromatic N) is 1. The minimum Gasteiger partial charge on any atom is -0.316 e. The summed E-state index contributed by atoms with van der Waals surface area (Å²) in [7, 11) is -1.48. The SMILES string of the molecule is CNCc1ccc(C)c(S(=O)(=O)N2CCC(C)C2)c1. The molecule has 1 aliphatic heterocycles. The van der Waals surface area contributed by atoms with E-state index in [0.29, 0.717) is 30.4 Å². The number of sulfonamides is 1. The van der Waals surface area contributed by atoms with Gasteiger partial charge in [-0.3, -0.25) is 0 Å². The van der Waals surface area contributed by atoms with Crippen molar-refractivity contribution in [3.05, 3.63) is 29.3 Å². The second-order valence-corrected chi connectivity index (χ2v) is 7.29. The van der Waals surface area contributed by atoms with Crippen LogP contribution in [0.1, 0.15) is 24.5 Å². The Bertz CT molecular complexity index is 555. The molecule has 19 heavy (non-hydrogen) atoms. The molecular formula is C14H22N2O2S. The van der Waals surface area contributed by atoms with Crippen molar-refractivity contribution in [3.8, 4) is 0 Å². The maximum Gasteiger partial charge on any atom is 0.243 e. The summed E-state index contributed by atoms with van der Waals surface area (Å²) < 4.78 is 26.9. The predicted octanol–water partition coefficient (Wildman–Crippen LogP) is 1.74. The van der Waals surface area contributed by atoms with Crippen LogP contribution in [0.2, 0.25) is 0 Å². The first-order chi connectivity index (χ1) is 8.95. The van der Waals surface area contributed by atoms with Crippen LogP contribution in [0.4, 0.5) is 0 Å². The summed E-state index contributed by atoms with van der Waals surface area (Å²) >= 11 is 0. The molecule has 1 aromatic rings. The normalized spacial score (nSPS) is 20.9. The third-order valence-electron chi connectivity index (χ3n) is 3.64. The van der Waals surface area contributed by atoms with E-state index in [1.807, 2.05) is 26.1 Å². The molecule has 0 amide bonds. The van der Waals surface area contributed by atoms with Gasteiger partial charge in [0, 0.05) is 19.6 Å². The van der Waals surface area contributed by atoms with Crippen LogP contribution < -0.4 is 5.32 Å². The van der Waals surface area contributed by atoms with Crippen LogP contribution in [0.15, 0.2) is 23.1 Å². The first-order valence-electron chi connectivity index (χ1n) is 6.69. The van der Waals surface area contributed by atoms with Crippen LogP contribution in [0.3, 0.4) is 0 Å². The number of nitrogens with one attached hydrogen (secondary N) is 1. The van der Waals surface area contributed by atoms with E-state index in [4.69, 9.17) is 0 Å². The van der Waals surface area contributed by atoms with E-state index in [9.17, 15) is 8.42 Å². The number of hydrogen-bond donors (Lipinski definition) is 1. The van der Waals surface area contributed by atoms with Gasteiger partial charge in [0.2, 0.25) is 10.0 Å². The third-order valence-corrected chi connectivity index (χ3v) is 5.65. The Morgan fingerprint density at radius 3 is 2.74 bits per heavy atom. The molecule has 1 unspecified atom stereocenters. The summed E-state index contributed by atoms with van der Waals surface area (Å²) in [5.41, 5.74) is 1.82. The van der Waals surface area contributed by atoms with Gasteiger partial charge in [0.15, 0.2) is 0 Å². The molecule has 1 saturated heterocycles. The quantitative estimate of drug-likeness (QED) is 0.915. The Kier molecular flexibility index (Phi) is 4.28. The molecule has 1 heterocycles. The molecule has 1 aromatic carbocycles. The van der Waals surface area contributed by atoms with Crippen molar-refractivity contribution in [2.75, 3.05) is 20.1 Å². The van der Waals surface area contributed by atoms with Crippen LogP contribution in [-0.2, 0) is 16.6 Å². The van der Waals surface area contributed by atoms with E-state index in [-0.39, 0.29) is 0 Å². The third kappa shape index (κ3) is 2.99. The number of hydrogen-bond acceptors (Lipinski definition) is 3. The van der Waals surface area contributed by atoms with Crippen LogP contribution in [-0.4, -0.2) is 32.9 Å². The first-order valence-corrected chi connectivity index (χ1v) is 8.13. The Balaban J connectivity index is 2.36. The molecule has 0 radical (unpaired) electrons. The zero-order chi connectivity index (χ0) is 14.0. The highest BCUT2D eigenvalue weighted by atomic mass is 32.2. The fourth-order valence-electron chi connectivity index (χ4n) is 2.49. The van der Waals surface area contributed by atoms with E-state index in [1.54, 1.807) is 10.4 Å². The van der Waals surface area contributed by atoms with Crippen LogP contribution in [0, 0.1) is 12.8 Å². The molecule has 1 atom stereocenters. The molecule has 1 aliphatic rings. The van der Waals surface area contributed by atoms with Crippen molar-refractivity contribution in [1.82, 2.24) is 9.62 Å². The Hall–Kier alpha value is -0.910. The molecule has 106 valence electrons. The van der Waals surface area contributed by atoms with Gasteiger partial charge >= 0.3 is 0 Å². The molecule has 4 nitrogen and oxygen atoms in total. The van der Waals surface area contributed by atoms with Crippen molar-refractivity contribution in [3.63, 3.8) is 0 Å². The Labute approximate surface area is 115 Å². The van der Waals surface area contributed by atoms with Gasteiger partial charge in [-0.25, -0.2) is 8.42 Å². The molecular weight excluding hydrogens is 260 g/mol. The van der Waals surface area contributed by atoms with E-state index < -0.39 is 10.0 Å². The smallest absolute Gasteiger partial charge is 0.243 e. The molecule has 0 aromatic heterocycles. The van der Waals surface area contributed by atoms with Crippen LogP contribution in [0.25, 0.3) is 0 Å². The second kappa shape index (κ2) is 5.61. The highest BCUT2D eigenvalue weighted by Gasteiger charge is 2.31. The molecule has 5 heteroatoms. The van der Waals surface area contributed by atoms with E-state index in [0.717, 1.165) is 17.5 Å². The molecule has 0 saturated carbocycles. The second-order valence-electron chi connectivity index (χ2n) is 5.39. The lowest BCUT2D eigenvalue weighted by Gasteiger charge is -2.18. The van der Waals surface area contributed by atoms with E-state index in [1.165, 1.54) is 0 Å². The monoisotopic (exact) mass is 282 g/mol. The van der Waals surface area contributed by atoms with Gasteiger partial charge < -0.3 is 5.32 Å². The van der Waals surface area contributed by atoms with Gasteiger partial charge in [0.05, 0.1) is 4.90 Å². The van der Waals surface area contributed by atoms with Crippen molar-refractivity contribution in [2.24, 2.45) is 5.92 Å². The van der Waals surface area contributed by atoms with Crippen molar-refractivity contribution < 1.29 is 8.42 Å². The standard InChI is InChI=1S/C14H22N2O2S/c1-11-6-7-16(10-11)19(17,18)14-8-13(9-15-3)5-4-12(14)2/h4-5,8,11,15H,6-7,9-10H2,1-3H3. The van der Waals surface area contributed by atoms with Crippen molar-refractivity contribution in [2.45, 2.75) is 31.7 Å². The molecule has 1 N–H and O–H groups in total. The fraction of sp³-hybridized carbons (Fsp3) is 0.571. The Morgan fingerprint density at radius 2 is 2.16 bits per heavy atom. The summed E-state index contributed by atoms with van der Waals surface area (Å²) in [6, 6.07) is 5.65. The van der Waals surface area contributed by atoms with Crippen molar-refractivity contribution >= 4 is 10.0 Å². The fourth-order valence-corrected chi connectivity index (χ4v) is 4.34. The minimum atomic E-state index is -3.34. The molecule has 2 rings (SSSR count). The van der Waals surface area contributed by atoms with E-state index in [2.05, 4.69) is 12.2 Å². The molecule has 0 aliphatic carbocycles. The number of benzene rings is 1. The van der Waals surface area contributed by atoms with Gasteiger partial charge in [-0.15, -0.1) is 0 Å².